The third kappa shape index (κ3) is 3.85. The van der Waals surface area contributed by atoms with Gasteiger partial charge in [0.25, 0.3) is 0 Å². The maximum Gasteiger partial charge on any atom is 0.0300 e. The molecule has 2 N–H and O–H groups in total. The number of rotatable bonds is 6. The number of halogens is 1. The molecule has 0 heterocycles. The van der Waals surface area contributed by atoms with Crippen LogP contribution in [0.4, 0.5) is 4.48 Å². The zero-order chi connectivity index (χ0) is 10.2. The van der Waals surface area contributed by atoms with Crippen molar-refractivity contribution in [2.45, 2.75) is 12.8 Å². The zero-order valence-electron chi connectivity index (χ0n) is 8.52. The van der Waals surface area contributed by atoms with E-state index in [0.29, 0.717) is 6.54 Å². The minimum atomic E-state index is 0.385. The molecular formula is C11H17FN2. The highest BCUT2D eigenvalue weighted by Crippen LogP contribution is 2.05. The van der Waals surface area contributed by atoms with Crippen LogP contribution in [0.2, 0.25) is 0 Å². The summed E-state index contributed by atoms with van der Waals surface area (Å²) in [5.74, 6) is 0. The van der Waals surface area contributed by atoms with E-state index in [1.165, 1.54) is 11.1 Å². The van der Waals surface area contributed by atoms with Crippen LogP contribution in [-0.4, -0.2) is 20.1 Å². The second kappa shape index (κ2) is 6.51. The quantitative estimate of drug-likeness (QED) is 0.673. The third-order valence-corrected chi connectivity index (χ3v) is 2.19. The number of nitrogens with one attached hydrogen (secondary N) is 2. The van der Waals surface area contributed by atoms with Crippen molar-refractivity contribution >= 4 is 0 Å². The lowest BCUT2D eigenvalue weighted by Gasteiger charge is -2.03. The number of hydrogen-bond donors (Lipinski definition) is 2. The van der Waals surface area contributed by atoms with Crippen LogP contribution >= 0.6 is 0 Å². The predicted molar refractivity (Wildman–Crippen MR) is 56.9 cm³/mol. The average molecular weight is 196 g/mol. The van der Waals surface area contributed by atoms with Gasteiger partial charge in [-0.3, -0.25) is 0 Å². The van der Waals surface area contributed by atoms with Crippen LogP contribution in [0.25, 0.3) is 0 Å². The lowest BCUT2D eigenvalue weighted by molar-refractivity contribution is 0.337. The van der Waals surface area contributed by atoms with Gasteiger partial charge < -0.3 is 5.32 Å². The summed E-state index contributed by atoms with van der Waals surface area (Å²) in [6.07, 6.45) is 1.78. The molecule has 0 radical (unpaired) electrons. The van der Waals surface area contributed by atoms with Crippen molar-refractivity contribution in [3.63, 3.8) is 0 Å². The molecule has 0 aliphatic heterocycles. The first-order chi connectivity index (χ1) is 6.86. The average Bonchev–Trinajstić information content (AvgIpc) is 2.25. The molecule has 0 bridgehead atoms. The number of hydrogen-bond acceptors (Lipinski definition) is 2. The van der Waals surface area contributed by atoms with E-state index in [1.54, 1.807) is 5.54 Å². The monoisotopic (exact) mass is 196 g/mol. The van der Waals surface area contributed by atoms with Gasteiger partial charge in [-0.2, -0.15) is 5.54 Å². The normalized spacial score (nSPS) is 10.4. The van der Waals surface area contributed by atoms with Gasteiger partial charge in [0.1, 0.15) is 0 Å². The first kappa shape index (κ1) is 11.1. The van der Waals surface area contributed by atoms with Crippen LogP contribution in [-0.2, 0) is 12.8 Å². The number of likely N-dealkylation sites (N-methyl/N-ethyl adjacent to an activating group) is 1. The van der Waals surface area contributed by atoms with Gasteiger partial charge in [-0.1, -0.05) is 24.3 Å². The molecule has 14 heavy (non-hydrogen) atoms. The molecule has 0 atom stereocenters. The molecule has 2 nitrogen and oxygen atoms in total. The van der Waals surface area contributed by atoms with Crippen molar-refractivity contribution in [2.75, 3.05) is 20.1 Å². The minimum absolute atomic E-state index is 0.385. The fourth-order valence-corrected chi connectivity index (χ4v) is 1.33. The van der Waals surface area contributed by atoms with E-state index < -0.39 is 0 Å². The highest BCUT2D eigenvalue weighted by molar-refractivity contribution is 5.22. The van der Waals surface area contributed by atoms with E-state index in [1.807, 2.05) is 7.05 Å². The maximum atomic E-state index is 11.7. The highest BCUT2D eigenvalue weighted by Gasteiger charge is 1.94. The lowest BCUT2D eigenvalue weighted by Crippen LogP contribution is -2.10. The molecule has 0 fully saturated rings. The van der Waals surface area contributed by atoms with Crippen LogP contribution in [0.1, 0.15) is 11.1 Å². The van der Waals surface area contributed by atoms with Gasteiger partial charge in [0, 0.05) is 6.54 Å². The van der Waals surface area contributed by atoms with Crippen molar-refractivity contribution < 1.29 is 4.48 Å². The summed E-state index contributed by atoms with van der Waals surface area (Å²) >= 11 is 0. The molecule has 0 aromatic heterocycles. The Hall–Kier alpha value is -0.930. The molecule has 0 saturated carbocycles. The van der Waals surface area contributed by atoms with Gasteiger partial charge >= 0.3 is 0 Å². The Kier molecular flexibility index (Phi) is 5.19. The third-order valence-electron chi connectivity index (χ3n) is 2.19. The zero-order valence-corrected chi connectivity index (χ0v) is 8.52. The second-order valence-corrected chi connectivity index (χ2v) is 3.30. The van der Waals surface area contributed by atoms with Gasteiger partial charge in [0.05, 0.1) is 0 Å². The van der Waals surface area contributed by atoms with Crippen molar-refractivity contribution in [3.8, 4) is 0 Å². The van der Waals surface area contributed by atoms with Gasteiger partial charge in [-0.05, 0) is 37.6 Å². The molecule has 0 amide bonds. The molecular weight excluding hydrogens is 179 g/mol. The van der Waals surface area contributed by atoms with Crippen LogP contribution < -0.4 is 10.9 Å². The van der Waals surface area contributed by atoms with Crippen LogP contribution in [0.5, 0.6) is 0 Å². The lowest BCUT2D eigenvalue weighted by atomic mass is 10.1. The van der Waals surface area contributed by atoms with Gasteiger partial charge in [-0.15, -0.1) is 4.48 Å². The summed E-state index contributed by atoms with van der Waals surface area (Å²) in [5.41, 5.74) is 4.14. The molecule has 1 rings (SSSR count). The second-order valence-electron chi connectivity index (χ2n) is 3.30. The molecule has 1 aromatic rings. The molecule has 3 heteroatoms. The fourth-order valence-electron chi connectivity index (χ4n) is 1.33. The summed E-state index contributed by atoms with van der Waals surface area (Å²) in [7, 11) is 1.95. The maximum absolute atomic E-state index is 11.7. The van der Waals surface area contributed by atoms with E-state index in [4.69, 9.17) is 0 Å². The van der Waals surface area contributed by atoms with Crippen LogP contribution in [0.15, 0.2) is 24.3 Å². The standard InChI is InChI=1S/C11H17FN2/c1-13-8-6-10-2-4-11(5-3-10)7-9-14-12/h2-5,13-14H,6-9H2,1H3. The Morgan fingerprint density at radius 3 is 1.93 bits per heavy atom. The summed E-state index contributed by atoms with van der Waals surface area (Å²) in [5, 5.41) is 3.11. The fraction of sp³-hybridized carbons (Fsp3) is 0.455. The van der Waals surface area contributed by atoms with Gasteiger partial charge in [0.2, 0.25) is 0 Å². The Morgan fingerprint density at radius 2 is 1.50 bits per heavy atom. The molecule has 0 aliphatic rings. The predicted octanol–water partition coefficient (Wildman–Crippen LogP) is 1.47. The van der Waals surface area contributed by atoms with Gasteiger partial charge in [0.15, 0.2) is 0 Å². The van der Waals surface area contributed by atoms with Crippen molar-refractivity contribution in [1.82, 2.24) is 10.9 Å². The SMILES string of the molecule is CNCCc1ccc(CCNF)cc1. The van der Waals surface area contributed by atoms with E-state index in [2.05, 4.69) is 29.6 Å². The Morgan fingerprint density at radius 1 is 1.00 bits per heavy atom. The van der Waals surface area contributed by atoms with E-state index in [-0.39, 0.29) is 0 Å². The molecule has 0 spiro atoms. The molecule has 1 aromatic carbocycles. The Labute approximate surface area is 84.5 Å². The van der Waals surface area contributed by atoms with E-state index in [9.17, 15) is 4.48 Å². The molecule has 78 valence electrons. The first-order valence-corrected chi connectivity index (χ1v) is 4.92. The molecule has 0 aliphatic carbocycles. The largest absolute Gasteiger partial charge is 0.319 e. The molecule has 0 saturated heterocycles. The summed E-state index contributed by atoms with van der Waals surface area (Å²) in [6.45, 7) is 1.38. The first-order valence-electron chi connectivity index (χ1n) is 4.92. The van der Waals surface area contributed by atoms with Crippen LogP contribution in [0.3, 0.4) is 0 Å². The van der Waals surface area contributed by atoms with E-state index in [0.717, 1.165) is 19.4 Å². The van der Waals surface area contributed by atoms with Crippen molar-refractivity contribution in [3.05, 3.63) is 35.4 Å². The molecule has 0 unspecified atom stereocenters. The topological polar surface area (TPSA) is 24.1 Å². The Bertz CT molecular complexity index is 219. The van der Waals surface area contributed by atoms with Crippen molar-refractivity contribution in [2.24, 2.45) is 0 Å². The van der Waals surface area contributed by atoms with E-state index >= 15 is 0 Å². The van der Waals surface area contributed by atoms with Crippen LogP contribution in [0, 0.1) is 0 Å². The van der Waals surface area contributed by atoms with Crippen molar-refractivity contribution in [1.29, 1.82) is 0 Å². The summed E-state index contributed by atoms with van der Waals surface area (Å²) < 4.78 is 11.7. The minimum Gasteiger partial charge on any atom is -0.319 e. The summed E-state index contributed by atoms with van der Waals surface area (Å²) in [4.78, 5) is 0. The smallest absolute Gasteiger partial charge is 0.0300 e. The number of benzene rings is 1. The Balaban J connectivity index is 2.42. The highest BCUT2D eigenvalue weighted by atomic mass is 19.2. The van der Waals surface area contributed by atoms with Gasteiger partial charge in [-0.25, -0.2) is 0 Å². The summed E-state index contributed by atoms with van der Waals surface area (Å²) in [6, 6.07) is 8.32.